The smallest absolute Gasteiger partial charge is 0.176 e. The van der Waals surface area contributed by atoms with Crippen LogP contribution in [-0.4, -0.2) is 9.97 Å². The molecule has 0 spiro atoms. The quantitative estimate of drug-likeness (QED) is 0.187. The Kier molecular flexibility index (Phi) is 9.38. The van der Waals surface area contributed by atoms with Crippen molar-refractivity contribution in [2.24, 2.45) is 0 Å². The summed E-state index contributed by atoms with van der Waals surface area (Å²) >= 11 is 0. The molecule has 0 fully saturated rings. The van der Waals surface area contributed by atoms with Gasteiger partial charge in [-0.2, -0.15) is 6.07 Å². The summed E-state index contributed by atoms with van der Waals surface area (Å²) in [7, 11) is 0. The van der Waals surface area contributed by atoms with Crippen LogP contribution in [0.15, 0.2) is 103 Å². The van der Waals surface area contributed by atoms with Gasteiger partial charge in [0.15, 0.2) is 11.4 Å². The Morgan fingerprint density at radius 1 is 0.750 bits per heavy atom. The molecule has 175 valence electrons. The molecule has 5 heteroatoms. The number of pyridine rings is 2. The van der Waals surface area contributed by atoms with Crippen LogP contribution in [0.25, 0.3) is 43.3 Å². The van der Waals surface area contributed by atoms with E-state index in [9.17, 15) is 0 Å². The van der Waals surface area contributed by atoms with E-state index in [1.807, 2.05) is 92.0 Å². The van der Waals surface area contributed by atoms with E-state index in [1.165, 1.54) is 0 Å². The molecule has 0 atom stereocenters. The molecule has 36 heavy (non-hydrogen) atoms. The van der Waals surface area contributed by atoms with Crippen molar-refractivity contribution in [3.8, 4) is 33.6 Å². The minimum Gasteiger partial charge on any atom is -0.305 e. The summed E-state index contributed by atoms with van der Waals surface area (Å²) in [5.41, 5.74) is 7.13. The fourth-order valence-corrected chi connectivity index (χ4v) is 3.57. The van der Waals surface area contributed by atoms with Crippen LogP contribution >= 0.6 is 0 Å². The Morgan fingerprint density at radius 3 is 2.17 bits per heavy atom. The monoisotopic (exact) mass is 641 g/mol. The third-order valence-electron chi connectivity index (χ3n) is 5.28. The second-order valence-electron chi connectivity index (χ2n) is 7.55. The summed E-state index contributed by atoms with van der Waals surface area (Å²) in [5.74, 6) is 0. The average molecular weight is 641 g/mol. The van der Waals surface area contributed by atoms with Crippen LogP contribution in [0.1, 0.15) is 5.56 Å². The van der Waals surface area contributed by atoms with Crippen molar-refractivity contribution in [3.63, 3.8) is 0 Å². The first kappa shape index (κ1) is 26.2. The van der Waals surface area contributed by atoms with Crippen molar-refractivity contribution >= 4 is 11.4 Å². The van der Waals surface area contributed by atoms with Gasteiger partial charge in [0, 0.05) is 38.1 Å². The zero-order valence-corrected chi connectivity index (χ0v) is 21.8. The van der Waals surface area contributed by atoms with Crippen molar-refractivity contribution in [1.82, 2.24) is 9.97 Å². The molecule has 0 aliphatic heterocycles. The molecule has 0 amide bonds. The summed E-state index contributed by atoms with van der Waals surface area (Å²) in [6.07, 6.45) is 3.60. The second kappa shape index (κ2) is 12.9. The third-order valence-corrected chi connectivity index (χ3v) is 5.28. The Labute approximate surface area is 225 Å². The fourth-order valence-electron chi connectivity index (χ4n) is 3.57. The number of aromatic nitrogens is 2. The maximum atomic E-state index is 7.34. The molecule has 4 nitrogen and oxygen atoms in total. The molecular formula is C31H20IrN4-2. The fraction of sp³-hybridized carbons (Fsp3) is 0.0323. The summed E-state index contributed by atoms with van der Waals surface area (Å²) in [5, 5.41) is 0. The van der Waals surface area contributed by atoms with Crippen LogP contribution in [-0.2, 0) is 20.1 Å². The standard InChI is InChI=1S/C20H12N3.C11H8N.Ir/c1-14-12-19(16-10-7-11-18(21-2)20(16)22-3)23-13-17(14)15-8-5-4-6-9-15;1-2-6-10(7-3-1)11-8-4-5-9-12-11;/h4-9,11-13H,1H3;1-6,8-9H;/q2*-1;. The molecule has 0 saturated heterocycles. The Morgan fingerprint density at radius 2 is 1.53 bits per heavy atom. The van der Waals surface area contributed by atoms with E-state index in [1.54, 1.807) is 18.3 Å². The molecular weight excluding hydrogens is 621 g/mol. The first-order valence-electron chi connectivity index (χ1n) is 10.9. The normalized spacial score (nSPS) is 9.53. The van der Waals surface area contributed by atoms with Gasteiger partial charge in [-0.25, -0.2) is 0 Å². The molecule has 2 heterocycles. The third kappa shape index (κ3) is 6.17. The van der Waals surface area contributed by atoms with Gasteiger partial charge in [-0.05, 0) is 35.5 Å². The van der Waals surface area contributed by atoms with Crippen LogP contribution in [0.3, 0.4) is 0 Å². The molecule has 0 aliphatic rings. The van der Waals surface area contributed by atoms with Crippen molar-refractivity contribution in [2.45, 2.75) is 6.92 Å². The number of hydrogen-bond acceptors (Lipinski definition) is 2. The molecule has 0 unspecified atom stereocenters. The topological polar surface area (TPSA) is 34.5 Å². The van der Waals surface area contributed by atoms with Gasteiger partial charge in [0.1, 0.15) is 0 Å². The van der Waals surface area contributed by atoms with E-state index in [4.69, 9.17) is 13.1 Å². The molecule has 0 bridgehead atoms. The molecule has 1 radical (unpaired) electrons. The van der Waals surface area contributed by atoms with E-state index in [0.717, 1.165) is 27.9 Å². The summed E-state index contributed by atoms with van der Waals surface area (Å²) in [6, 6.07) is 35.1. The van der Waals surface area contributed by atoms with Gasteiger partial charge in [-0.15, -0.1) is 48.0 Å². The first-order valence-corrected chi connectivity index (χ1v) is 10.9. The zero-order valence-electron chi connectivity index (χ0n) is 19.4. The van der Waals surface area contributed by atoms with Gasteiger partial charge in [-0.3, -0.25) is 9.69 Å². The van der Waals surface area contributed by atoms with E-state index in [-0.39, 0.29) is 20.1 Å². The number of nitrogens with zero attached hydrogens (tertiary/aromatic N) is 4. The summed E-state index contributed by atoms with van der Waals surface area (Å²) in [6.45, 7) is 16.5. The van der Waals surface area contributed by atoms with Crippen LogP contribution in [0.4, 0.5) is 11.4 Å². The molecule has 0 aliphatic carbocycles. The SMILES string of the molecule is [C-]#[N+]c1cc[c-]c(-c2cc(C)c(-c3ccccc3)cn2)c1[N+]#[C-].[Ir].[c-]1ccccc1-c1ccccn1. The number of benzene rings is 3. The van der Waals surface area contributed by atoms with Crippen molar-refractivity contribution in [1.29, 1.82) is 0 Å². The maximum Gasteiger partial charge on any atom is 0.176 e. The van der Waals surface area contributed by atoms with E-state index < -0.39 is 0 Å². The Hall–Kier alpha value is -4.41. The second-order valence-corrected chi connectivity index (χ2v) is 7.55. The van der Waals surface area contributed by atoms with Crippen molar-refractivity contribution in [3.05, 3.63) is 144 Å². The van der Waals surface area contributed by atoms with Crippen molar-refractivity contribution in [2.75, 3.05) is 0 Å². The summed E-state index contributed by atoms with van der Waals surface area (Å²) < 4.78 is 0. The van der Waals surface area contributed by atoms with Gasteiger partial charge in [-0.1, -0.05) is 54.1 Å². The number of aryl methyl sites for hydroxylation is 1. The average Bonchev–Trinajstić information content (AvgIpc) is 2.94. The Bertz CT molecular complexity index is 1470. The molecule has 2 aromatic heterocycles. The minimum absolute atomic E-state index is 0. The predicted molar refractivity (Wildman–Crippen MR) is 140 cm³/mol. The number of rotatable bonds is 3. The van der Waals surface area contributed by atoms with Crippen LogP contribution in [0.2, 0.25) is 0 Å². The molecule has 5 rings (SSSR count). The Balaban J connectivity index is 0.000000234. The molecule has 0 N–H and O–H groups in total. The van der Waals surface area contributed by atoms with E-state index in [0.29, 0.717) is 22.6 Å². The molecule has 5 aromatic rings. The molecule has 3 aromatic carbocycles. The predicted octanol–water partition coefficient (Wildman–Crippen LogP) is 8.17. The van der Waals surface area contributed by atoms with E-state index in [2.05, 4.69) is 31.8 Å². The van der Waals surface area contributed by atoms with Crippen LogP contribution in [0.5, 0.6) is 0 Å². The van der Waals surface area contributed by atoms with Crippen LogP contribution < -0.4 is 0 Å². The van der Waals surface area contributed by atoms with Crippen molar-refractivity contribution < 1.29 is 20.1 Å². The van der Waals surface area contributed by atoms with Gasteiger partial charge < -0.3 is 9.97 Å². The van der Waals surface area contributed by atoms with Gasteiger partial charge in [0.2, 0.25) is 0 Å². The summed E-state index contributed by atoms with van der Waals surface area (Å²) in [4.78, 5) is 15.6. The molecule has 0 saturated carbocycles. The zero-order chi connectivity index (χ0) is 24.5. The van der Waals surface area contributed by atoms with Gasteiger partial charge in [0.25, 0.3) is 0 Å². The van der Waals surface area contributed by atoms with E-state index >= 15 is 0 Å². The largest absolute Gasteiger partial charge is 0.305 e. The van der Waals surface area contributed by atoms with Gasteiger partial charge >= 0.3 is 0 Å². The minimum atomic E-state index is 0. The van der Waals surface area contributed by atoms with Gasteiger partial charge in [0.05, 0.1) is 13.1 Å². The maximum absolute atomic E-state index is 7.34. The number of hydrogen-bond donors (Lipinski definition) is 0. The van der Waals surface area contributed by atoms with Crippen LogP contribution in [0, 0.1) is 32.2 Å². The first-order chi connectivity index (χ1) is 17.2.